The molecule has 3 aromatic rings. The summed E-state index contributed by atoms with van der Waals surface area (Å²) in [6.07, 6.45) is 1.80. The van der Waals surface area contributed by atoms with Crippen molar-refractivity contribution in [3.8, 4) is 18.0 Å². The summed E-state index contributed by atoms with van der Waals surface area (Å²) in [5.41, 5.74) is 13.9. The van der Waals surface area contributed by atoms with Crippen LogP contribution < -0.4 is 26.8 Å². The number of nitrogen functional groups attached to an aromatic ring is 2. The molecule has 1 unspecified atom stereocenters. The fraction of sp³-hybridized carbons (Fsp3) is 0.0909. The van der Waals surface area contributed by atoms with Crippen molar-refractivity contribution in [2.75, 3.05) is 16.8 Å². The zero-order valence-corrected chi connectivity index (χ0v) is 17.7. The topological polar surface area (TPSA) is 158 Å². The van der Waals surface area contributed by atoms with Crippen LogP contribution >= 0.6 is 11.6 Å². The highest BCUT2D eigenvalue weighted by Crippen LogP contribution is 2.43. The molecule has 0 spiro atoms. The predicted molar refractivity (Wildman–Crippen MR) is 122 cm³/mol. The lowest BCUT2D eigenvalue weighted by Gasteiger charge is -2.27. The Labute approximate surface area is 193 Å². The number of hydrogen-bond donors (Lipinski definition) is 4. The van der Waals surface area contributed by atoms with Gasteiger partial charge in [0.05, 0.1) is 10.7 Å². The molecule has 0 saturated carbocycles. The van der Waals surface area contributed by atoms with Gasteiger partial charge in [0.2, 0.25) is 5.96 Å². The molecule has 0 bridgehead atoms. The summed E-state index contributed by atoms with van der Waals surface area (Å²) in [6.45, 7) is 0.0693. The first-order chi connectivity index (χ1) is 15.9. The summed E-state index contributed by atoms with van der Waals surface area (Å²) in [5, 5.41) is 24.1. The van der Waals surface area contributed by atoms with Gasteiger partial charge in [-0.3, -0.25) is 5.32 Å². The number of aliphatic imine (C=N–C) groups is 1. The third-order valence-corrected chi connectivity index (χ3v) is 5.32. The maximum Gasteiger partial charge on any atom is 0.211 e. The van der Waals surface area contributed by atoms with Crippen LogP contribution in [0.5, 0.6) is 5.75 Å². The highest BCUT2D eigenvalue weighted by Gasteiger charge is 2.31. The Balaban J connectivity index is 1.79. The van der Waals surface area contributed by atoms with E-state index in [1.165, 1.54) is 18.2 Å². The zero-order chi connectivity index (χ0) is 23.5. The Morgan fingerprint density at radius 2 is 2.00 bits per heavy atom. The number of para-hydroxylation sites is 1. The van der Waals surface area contributed by atoms with E-state index in [-0.39, 0.29) is 40.5 Å². The van der Waals surface area contributed by atoms with Gasteiger partial charge in [-0.1, -0.05) is 35.9 Å². The van der Waals surface area contributed by atoms with Crippen LogP contribution in [0.15, 0.2) is 47.5 Å². The largest absolute Gasteiger partial charge is 0.488 e. The van der Waals surface area contributed by atoms with Gasteiger partial charge in [0, 0.05) is 16.7 Å². The Bertz CT molecular complexity index is 1360. The predicted octanol–water partition coefficient (Wildman–Crippen LogP) is 3.43. The van der Waals surface area contributed by atoms with Gasteiger partial charge in [0.1, 0.15) is 47.5 Å². The first-order valence-corrected chi connectivity index (χ1v) is 9.95. The molecular formula is C22H16ClFN8O. The Hall–Kier alpha value is -4.54. The van der Waals surface area contributed by atoms with Crippen LogP contribution in [0.25, 0.3) is 0 Å². The Kier molecular flexibility index (Phi) is 5.85. The van der Waals surface area contributed by atoms with E-state index in [2.05, 4.69) is 20.6 Å². The fourth-order valence-electron chi connectivity index (χ4n) is 3.44. The minimum Gasteiger partial charge on any atom is -0.488 e. The highest BCUT2D eigenvalue weighted by molar-refractivity contribution is 6.31. The number of hydrogen-bond acceptors (Lipinski definition) is 9. The van der Waals surface area contributed by atoms with E-state index in [1.807, 2.05) is 6.07 Å². The molecular weight excluding hydrogens is 447 g/mol. The number of nitrogens with one attached hydrogen (secondary N) is 2. The number of nitrogens with zero attached hydrogens (tertiary/aromatic N) is 4. The number of benzene rings is 2. The molecule has 2 aromatic carbocycles. The molecule has 2 heterocycles. The molecule has 1 aromatic heterocycles. The van der Waals surface area contributed by atoms with Crippen molar-refractivity contribution in [3.05, 3.63) is 75.6 Å². The molecule has 164 valence electrons. The van der Waals surface area contributed by atoms with Crippen molar-refractivity contribution in [2.45, 2.75) is 12.6 Å². The molecule has 1 aliphatic heterocycles. The normalized spacial score (nSPS) is 14.2. The Morgan fingerprint density at radius 3 is 2.73 bits per heavy atom. The summed E-state index contributed by atoms with van der Waals surface area (Å²) >= 11 is 6.12. The highest BCUT2D eigenvalue weighted by atomic mass is 35.5. The monoisotopic (exact) mass is 462 g/mol. The van der Waals surface area contributed by atoms with Gasteiger partial charge in [0.15, 0.2) is 6.19 Å². The van der Waals surface area contributed by atoms with E-state index in [0.29, 0.717) is 22.4 Å². The number of aromatic nitrogens is 1. The number of anilines is 3. The molecule has 1 atom stereocenters. The molecule has 0 fully saturated rings. The number of ether oxygens (including phenoxy) is 1. The lowest BCUT2D eigenvalue weighted by atomic mass is 9.94. The second kappa shape index (κ2) is 8.91. The van der Waals surface area contributed by atoms with E-state index < -0.39 is 11.9 Å². The number of nitriles is 2. The van der Waals surface area contributed by atoms with Crippen LogP contribution in [0.1, 0.15) is 28.3 Å². The Morgan fingerprint density at radius 1 is 1.21 bits per heavy atom. The lowest BCUT2D eigenvalue weighted by molar-refractivity contribution is 0.302. The molecule has 0 amide bonds. The van der Waals surface area contributed by atoms with E-state index in [9.17, 15) is 9.65 Å². The van der Waals surface area contributed by atoms with Gasteiger partial charge >= 0.3 is 0 Å². The minimum atomic E-state index is -0.766. The van der Waals surface area contributed by atoms with Crippen LogP contribution in [0.4, 0.5) is 21.7 Å². The van der Waals surface area contributed by atoms with Crippen LogP contribution in [0.3, 0.4) is 0 Å². The summed E-state index contributed by atoms with van der Waals surface area (Å²) in [6, 6.07) is 12.3. The van der Waals surface area contributed by atoms with Crippen LogP contribution in [0, 0.1) is 28.6 Å². The first-order valence-electron chi connectivity index (χ1n) is 9.57. The molecule has 33 heavy (non-hydrogen) atoms. The SMILES string of the molecule is N#CNC1=NC(c2ccccc2OCc2ccc(F)cc2Cl)c2c(nc(N)c(C#N)c2N)N1. The molecule has 1 aliphatic rings. The minimum absolute atomic E-state index is 0.0314. The summed E-state index contributed by atoms with van der Waals surface area (Å²) in [7, 11) is 0. The molecule has 0 saturated heterocycles. The maximum atomic E-state index is 13.4. The fourth-order valence-corrected chi connectivity index (χ4v) is 3.66. The van der Waals surface area contributed by atoms with Crippen molar-refractivity contribution >= 4 is 34.9 Å². The summed E-state index contributed by atoms with van der Waals surface area (Å²) in [5.74, 6) is 0.345. The number of halogens is 2. The van der Waals surface area contributed by atoms with Crippen LogP contribution in [-0.2, 0) is 6.61 Å². The number of rotatable bonds is 4. The maximum absolute atomic E-state index is 13.4. The van der Waals surface area contributed by atoms with Gasteiger partial charge in [-0.2, -0.15) is 10.5 Å². The van der Waals surface area contributed by atoms with Crippen molar-refractivity contribution in [3.63, 3.8) is 0 Å². The third kappa shape index (κ3) is 4.15. The quantitative estimate of drug-likeness (QED) is 0.339. The second-order valence-corrected chi connectivity index (χ2v) is 7.37. The number of pyridine rings is 1. The van der Waals surface area contributed by atoms with E-state index in [1.54, 1.807) is 30.5 Å². The number of guanidine groups is 1. The average Bonchev–Trinajstić information content (AvgIpc) is 2.78. The van der Waals surface area contributed by atoms with Crippen molar-refractivity contribution in [1.29, 1.82) is 10.5 Å². The zero-order valence-electron chi connectivity index (χ0n) is 16.9. The second-order valence-electron chi connectivity index (χ2n) is 6.96. The van der Waals surface area contributed by atoms with E-state index >= 15 is 0 Å². The van der Waals surface area contributed by atoms with Gasteiger partial charge in [-0.15, -0.1) is 0 Å². The molecule has 9 nitrogen and oxygen atoms in total. The van der Waals surface area contributed by atoms with E-state index in [0.717, 1.165) is 0 Å². The molecule has 4 rings (SSSR count). The number of fused-ring (bicyclic) bond motifs is 1. The summed E-state index contributed by atoms with van der Waals surface area (Å²) in [4.78, 5) is 8.78. The van der Waals surface area contributed by atoms with Crippen molar-refractivity contribution < 1.29 is 9.13 Å². The standard InChI is InChI=1S/C22H16ClFN8O/c23-15-7-12(24)6-5-11(15)9-33-16-4-2-1-3-13(16)19-17-18(27)14(8-25)20(28)31-21(17)32-22(30-19)29-10-26/h1-7,19H,9H2,(H6,27,28,29,30,31,32). The smallest absolute Gasteiger partial charge is 0.211 e. The molecule has 0 aliphatic carbocycles. The lowest BCUT2D eigenvalue weighted by Crippen LogP contribution is -2.32. The van der Waals surface area contributed by atoms with Gasteiger partial charge < -0.3 is 21.5 Å². The molecule has 0 radical (unpaired) electrons. The summed E-state index contributed by atoms with van der Waals surface area (Å²) < 4.78 is 19.4. The van der Waals surface area contributed by atoms with Crippen molar-refractivity contribution in [1.82, 2.24) is 10.3 Å². The van der Waals surface area contributed by atoms with Gasteiger partial charge in [-0.25, -0.2) is 14.4 Å². The number of nitrogens with two attached hydrogens (primary N) is 2. The molecule has 11 heteroatoms. The first kappa shape index (κ1) is 21.7. The molecule has 6 N–H and O–H groups in total. The van der Waals surface area contributed by atoms with Crippen LogP contribution in [0.2, 0.25) is 5.02 Å². The van der Waals surface area contributed by atoms with Gasteiger partial charge in [0.25, 0.3) is 0 Å². The third-order valence-electron chi connectivity index (χ3n) is 4.97. The average molecular weight is 463 g/mol. The van der Waals surface area contributed by atoms with E-state index in [4.69, 9.17) is 33.1 Å². The van der Waals surface area contributed by atoms with Crippen LogP contribution in [-0.4, -0.2) is 10.9 Å². The van der Waals surface area contributed by atoms with Gasteiger partial charge in [-0.05, 0) is 18.2 Å². The van der Waals surface area contributed by atoms with Crippen molar-refractivity contribution in [2.24, 2.45) is 4.99 Å².